The van der Waals surface area contributed by atoms with Crippen molar-refractivity contribution in [2.24, 2.45) is 28.6 Å². The summed E-state index contributed by atoms with van der Waals surface area (Å²) in [7, 11) is 0. The lowest BCUT2D eigenvalue weighted by Gasteiger charge is -2.55. The second kappa shape index (κ2) is 4.33. The monoisotopic (exact) mass is 300 g/mol. The summed E-state index contributed by atoms with van der Waals surface area (Å²) in [6.45, 7) is 4.36. The van der Waals surface area contributed by atoms with Crippen molar-refractivity contribution in [1.29, 1.82) is 0 Å². The van der Waals surface area contributed by atoms with Crippen molar-refractivity contribution in [3.05, 3.63) is 23.5 Å². The molecular formula is C19H24O3. The average molecular weight is 300 g/mol. The number of ketones is 2. The van der Waals surface area contributed by atoms with Gasteiger partial charge in [-0.25, -0.2) is 0 Å². The van der Waals surface area contributed by atoms with Crippen LogP contribution in [0.5, 0.6) is 0 Å². The Bertz CT molecular complexity index is 629. The van der Waals surface area contributed by atoms with Gasteiger partial charge in [0, 0.05) is 24.2 Å². The molecule has 2 saturated carbocycles. The molecule has 4 rings (SSSR count). The highest BCUT2D eigenvalue weighted by Crippen LogP contribution is 2.63. The minimum atomic E-state index is -0.245. The van der Waals surface area contributed by atoms with E-state index in [4.69, 9.17) is 0 Å². The highest BCUT2D eigenvalue weighted by atomic mass is 16.3. The number of aliphatic hydroxyl groups excluding tert-OH is 1. The first kappa shape index (κ1) is 14.2. The number of carbonyl (C=O) groups is 2. The Morgan fingerprint density at radius 1 is 1.00 bits per heavy atom. The van der Waals surface area contributed by atoms with Crippen LogP contribution >= 0.6 is 0 Å². The summed E-state index contributed by atoms with van der Waals surface area (Å²) in [5, 5.41) is 10.7. The van der Waals surface area contributed by atoms with Gasteiger partial charge in [0.05, 0.1) is 5.76 Å². The first-order valence-corrected chi connectivity index (χ1v) is 8.55. The zero-order valence-electron chi connectivity index (χ0n) is 13.4. The number of aliphatic hydroxyl groups is 1. The molecule has 0 bridgehead atoms. The molecule has 4 aliphatic rings. The third-order valence-corrected chi connectivity index (χ3v) is 7.31. The fraction of sp³-hybridized carbons (Fsp3) is 0.684. The maximum atomic E-state index is 12.4. The van der Waals surface area contributed by atoms with E-state index in [1.54, 1.807) is 6.08 Å². The average Bonchev–Trinajstić information content (AvgIpc) is 2.77. The third kappa shape index (κ3) is 1.63. The number of hydrogen-bond donors (Lipinski definition) is 1. The number of fused-ring (bicyclic) bond motifs is 5. The van der Waals surface area contributed by atoms with Gasteiger partial charge >= 0.3 is 0 Å². The predicted molar refractivity (Wildman–Crippen MR) is 83.2 cm³/mol. The van der Waals surface area contributed by atoms with Gasteiger partial charge in [0.25, 0.3) is 0 Å². The van der Waals surface area contributed by atoms with Gasteiger partial charge < -0.3 is 5.11 Å². The van der Waals surface area contributed by atoms with E-state index < -0.39 is 0 Å². The van der Waals surface area contributed by atoms with Gasteiger partial charge in [0.1, 0.15) is 5.78 Å². The van der Waals surface area contributed by atoms with E-state index >= 15 is 0 Å². The molecule has 4 aliphatic carbocycles. The molecule has 5 atom stereocenters. The third-order valence-electron chi connectivity index (χ3n) is 7.31. The lowest BCUT2D eigenvalue weighted by atomic mass is 9.49. The van der Waals surface area contributed by atoms with Gasteiger partial charge in [-0.3, -0.25) is 9.59 Å². The summed E-state index contributed by atoms with van der Waals surface area (Å²) in [6, 6.07) is 0. The Kier molecular flexibility index (Phi) is 2.80. The molecular weight excluding hydrogens is 276 g/mol. The van der Waals surface area contributed by atoms with Crippen molar-refractivity contribution < 1.29 is 14.7 Å². The van der Waals surface area contributed by atoms with Crippen LogP contribution < -0.4 is 0 Å². The second-order valence-electron chi connectivity index (χ2n) is 8.21. The fourth-order valence-electron chi connectivity index (χ4n) is 5.84. The smallest absolute Gasteiger partial charge is 0.156 e. The Hall–Kier alpha value is -1.38. The summed E-state index contributed by atoms with van der Waals surface area (Å²) in [5.74, 6) is 1.70. The molecule has 0 radical (unpaired) electrons. The Balaban J connectivity index is 1.82. The number of rotatable bonds is 0. The highest BCUT2D eigenvalue weighted by molar-refractivity contribution is 5.92. The molecule has 3 nitrogen and oxygen atoms in total. The van der Waals surface area contributed by atoms with E-state index in [0.29, 0.717) is 30.3 Å². The van der Waals surface area contributed by atoms with Crippen LogP contribution in [-0.2, 0) is 9.59 Å². The van der Waals surface area contributed by atoms with E-state index in [2.05, 4.69) is 13.8 Å². The molecule has 0 amide bonds. The van der Waals surface area contributed by atoms with Crippen LogP contribution in [0.1, 0.15) is 52.4 Å². The van der Waals surface area contributed by atoms with Crippen molar-refractivity contribution in [2.45, 2.75) is 52.4 Å². The van der Waals surface area contributed by atoms with Gasteiger partial charge in [0.15, 0.2) is 5.78 Å². The molecule has 0 saturated heterocycles. The zero-order valence-corrected chi connectivity index (χ0v) is 13.4. The van der Waals surface area contributed by atoms with Gasteiger partial charge in [-0.05, 0) is 60.7 Å². The number of carbonyl (C=O) groups excluding carboxylic acids is 2. The molecule has 22 heavy (non-hydrogen) atoms. The molecule has 0 aliphatic heterocycles. The number of Topliss-reactive ketones (excluding diaryl/α,β-unsaturated/α-hetero) is 1. The minimum absolute atomic E-state index is 0.0161. The lowest BCUT2D eigenvalue weighted by molar-refractivity contribution is -0.131. The van der Waals surface area contributed by atoms with Crippen LogP contribution in [-0.4, -0.2) is 16.7 Å². The summed E-state index contributed by atoms with van der Waals surface area (Å²) in [6.07, 6.45) is 8.54. The predicted octanol–water partition coefficient (Wildman–Crippen LogP) is 3.75. The molecule has 3 heteroatoms. The zero-order chi connectivity index (χ0) is 15.7. The second-order valence-corrected chi connectivity index (χ2v) is 8.21. The molecule has 118 valence electrons. The van der Waals surface area contributed by atoms with Crippen molar-refractivity contribution in [2.75, 3.05) is 0 Å². The molecule has 1 N–H and O–H groups in total. The molecule has 5 unspecified atom stereocenters. The van der Waals surface area contributed by atoms with Crippen molar-refractivity contribution in [1.82, 2.24) is 0 Å². The maximum absolute atomic E-state index is 12.4. The molecule has 0 aromatic rings. The first-order chi connectivity index (χ1) is 10.4. The Morgan fingerprint density at radius 3 is 2.50 bits per heavy atom. The largest absolute Gasteiger partial charge is 0.512 e. The summed E-state index contributed by atoms with van der Waals surface area (Å²) in [5.41, 5.74) is 0.749. The SMILES string of the molecule is CC12CCC3C(C(O)=CC4=CC(=O)CCC43C)C1CCC2=O. The quantitative estimate of drug-likeness (QED) is 0.741. The first-order valence-electron chi connectivity index (χ1n) is 8.55. The van der Waals surface area contributed by atoms with E-state index in [9.17, 15) is 14.7 Å². The van der Waals surface area contributed by atoms with Crippen LogP contribution in [0.2, 0.25) is 0 Å². The van der Waals surface area contributed by atoms with Crippen molar-refractivity contribution in [3.63, 3.8) is 0 Å². The highest BCUT2D eigenvalue weighted by Gasteiger charge is 2.60. The van der Waals surface area contributed by atoms with Crippen LogP contribution in [0, 0.1) is 28.6 Å². The van der Waals surface area contributed by atoms with Gasteiger partial charge in [-0.1, -0.05) is 13.8 Å². The van der Waals surface area contributed by atoms with Crippen molar-refractivity contribution in [3.8, 4) is 0 Å². The van der Waals surface area contributed by atoms with Crippen LogP contribution in [0.25, 0.3) is 0 Å². The maximum Gasteiger partial charge on any atom is 0.156 e. The minimum Gasteiger partial charge on any atom is -0.512 e. The van der Waals surface area contributed by atoms with Gasteiger partial charge in [0.2, 0.25) is 0 Å². The molecule has 2 fully saturated rings. The van der Waals surface area contributed by atoms with E-state index in [1.165, 1.54) is 0 Å². The van der Waals surface area contributed by atoms with E-state index in [0.717, 1.165) is 31.3 Å². The summed E-state index contributed by atoms with van der Waals surface area (Å²) in [4.78, 5) is 24.1. The van der Waals surface area contributed by atoms with Crippen LogP contribution in [0.4, 0.5) is 0 Å². The lowest BCUT2D eigenvalue weighted by Crippen LogP contribution is -2.50. The van der Waals surface area contributed by atoms with Crippen molar-refractivity contribution >= 4 is 11.6 Å². The molecule has 0 aromatic carbocycles. The molecule has 0 spiro atoms. The van der Waals surface area contributed by atoms with E-state index in [-0.39, 0.29) is 28.4 Å². The van der Waals surface area contributed by atoms with Gasteiger partial charge in [-0.2, -0.15) is 0 Å². The summed E-state index contributed by atoms with van der Waals surface area (Å²) < 4.78 is 0. The van der Waals surface area contributed by atoms with Crippen LogP contribution in [0.3, 0.4) is 0 Å². The fourth-order valence-corrected chi connectivity index (χ4v) is 5.84. The van der Waals surface area contributed by atoms with Crippen LogP contribution in [0.15, 0.2) is 23.5 Å². The van der Waals surface area contributed by atoms with Gasteiger partial charge in [-0.15, -0.1) is 0 Å². The number of hydrogen-bond acceptors (Lipinski definition) is 3. The Labute approximate surface area is 131 Å². The normalized spacial score (nSPS) is 47.3. The number of allylic oxidation sites excluding steroid dienone is 4. The Morgan fingerprint density at radius 2 is 1.73 bits per heavy atom. The molecule has 0 aromatic heterocycles. The topological polar surface area (TPSA) is 54.4 Å². The van der Waals surface area contributed by atoms with E-state index in [1.807, 2.05) is 6.08 Å². The molecule has 0 heterocycles. The summed E-state index contributed by atoms with van der Waals surface area (Å²) >= 11 is 0. The standard InChI is InChI=1S/C19H24O3/c1-18-7-5-12(20)9-11(18)10-15(21)17-13-3-4-16(22)19(13,2)8-6-14(17)18/h9-10,13-14,17,21H,3-8H2,1-2H3.